The molecule has 110 valence electrons. The molecule has 0 aliphatic heterocycles. The molecule has 0 aliphatic rings. The van der Waals surface area contributed by atoms with E-state index in [0.29, 0.717) is 10.6 Å². The van der Waals surface area contributed by atoms with E-state index in [1.54, 1.807) is 19.1 Å². The second-order valence-corrected chi connectivity index (χ2v) is 6.20. The number of hydrogen-bond donors (Lipinski definition) is 2. The predicted octanol–water partition coefficient (Wildman–Crippen LogP) is 4.70. The number of thiocarbonyl (C=S) groups is 1. The first-order chi connectivity index (χ1) is 9.90. The van der Waals surface area contributed by atoms with E-state index in [-0.39, 0.29) is 11.9 Å². The van der Waals surface area contributed by atoms with Crippen molar-refractivity contribution in [3.05, 3.63) is 63.4 Å². The molecule has 2 aromatic rings. The predicted molar refractivity (Wildman–Crippen MR) is 93.2 cm³/mol. The molecule has 0 heterocycles. The molecule has 0 amide bonds. The number of nitrogens with two attached hydrogens (primary N) is 1. The Labute approximate surface area is 137 Å². The lowest BCUT2D eigenvalue weighted by atomic mass is 10.0. The normalized spacial score (nSPS) is 12.0. The maximum Gasteiger partial charge on any atom is 0.126 e. The van der Waals surface area contributed by atoms with Gasteiger partial charge in [-0.2, -0.15) is 0 Å². The van der Waals surface area contributed by atoms with Gasteiger partial charge in [0.1, 0.15) is 10.8 Å². The van der Waals surface area contributed by atoms with E-state index in [1.165, 1.54) is 0 Å². The first-order valence-corrected chi connectivity index (χ1v) is 7.71. The monoisotopic (exact) mass is 366 g/mol. The summed E-state index contributed by atoms with van der Waals surface area (Å²) in [6.45, 7) is 3.71. The Morgan fingerprint density at radius 2 is 2.05 bits per heavy atom. The summed E-state index contributed by atoms with van der Waals surface area (Å²) in [5.41, 5.74) is 8.86. The SMILES string of the molecule is Cc1ccc(C(C)Nc2cccc(Br)c2C(N)=S)cc1F. The lowest BCUT2D eigenvalue weighted by Gasteiger charge is -2.19. The van der Waals surface area contributed by atoms with Crippen LogP contribution in [0.4, 0.5) is 10.1 Å². The van der Waals surface area contributed by atoms with Crippen molar-refractivity contribution in [2.24, 2.45) is 5.73 Å². The lowest BCUT2D eigenvalue weighted by molar-refractivity contribution is 0.614. The summed E-state index contributed by atoms with van der Waals surface area (Å²) in [5.74, 6) is -0.204. The Kier molecular flexibility index (Phi) is 4.96. The summed E-state index contributed by atoms with van der Waals surface area (Å²) in [4.78, 5) is 0.312. The molecule has 21 heavy (non-hydrogen) atoms. The van der Waals surface area contributed by atoms with E-state index in [9.17, 15) is 4.39 Å². The molecule has 0 spiro atoms. The van der Waals surface area contributed by atoms with Crippen LogP contribution in [0.15, 0.2) is 40.9 Å². The second kappa shape index (κ2) is 6.54. The third kappa shape index (κ3) is 3.60. The van der Waals surface area contributed by atoms with Crippen LogP contribution in [0, 0.1) is 12.7 Å². The average Bonchev–Trinajstić information content (AvgIpc) is 2.41. The van der Waals surface area contributed by atoms with Crippen LogP contribution in [0.25, 0.3) is 0 Å². The Morgan fingerprint density at radius 1 is 1.33 bits per heavy atom. The van der Waals surface area contributed by atoms with E-state index in [2.05, 4.69) is 21.2 Å². The summed E-state index contributed by atoms with van der Waals surface area (Å²) in [5, 5.41) is 3.33. The van der Waals surface area contributed by atoms with E-state index >= 15 is 0 Å². The van der Waals surface area contributed by atoms with Gasteiger partial charge < -0.3 is 11.1 Å². The molecular formula is C16H16BrFN2S. The van der Waals surface area contributed by atoms with Crippen LogP contribution >= 0.6 is 28.1 Å². The third-order valence-electron chi connectivity index (χ3n) is 3.33. The van der Waals surface area contributed by atoms with Gasteiger partial charge in [-0.3, -0.25) is 0 Å². The fraction of sp³-hybridized carbons (Fsp3) is 0.188. The zero-order valence-corrected chi connectivity index (χ0v) is 14.2. The molecule has 2 rings (SSSR count). The summed E-state index contributed by atoms with van der Waals surface area (Å²) in [6.07, 6.45) is 0. The average molecular weight is 367 g/mol. The third-order valence-corrected chi connectivity index (χ3v) is 4.19. The van der Waals surface area contributed by atoms with Crippen molar-refractivity contribution < 1.29 is 4.39 Å². The molecule has 5 heteroatoms. The van der Waals surface area contributed by atoms with Crippen molar-refractivity contribution in [3.63, 3.8) is 0 Å². The first kappa shape index (κ1) is 15.9. The maximum absolute atomic E-state index is 13.7. The van der Waals surface area contributed by atoms with Gasteiger partial charge in [0, 0.05) is 21.8 Å². The molecule has 0 saturated heterocycles. The van der Waals surface area contributed by atoms with Crippen LogP contribution in [-0.4, -0.2) is 4.99 Å². The van der Waals surface area contributed by atoms with Gasteiger partial charge in [-0.25, -0.2) is 4.39 Å². The summed E-state index contributed by atoms with van der Waals surface area (Å²) < 4.78 is 14.5. The Bertz CT molecular complexity index is 688. The van der Waals surface area contributed by atoms with Gasteiger partial charge in [0.2, 0.25) is 0 Å². The summed E-state index contributed by atoms with van der Waals surface area (Å²) >= 11 is 8.54. The van der Waals surface area contributed by atoms with Gasteiger partial charge in [0.15, 0.2) is 0 Å². The summed E-state index contributed by atoms with van der Waals surface area (Å²) in [6, 6.07) is 10.9. The minimum Gasteiger partial charge on any atom is -0.389 e. The van der Waals surface area contributed by atoms with Crippen LogP contribution < -0.4 is 11.1 Å². The fourth-order valence-corrected chi connectivity index (χ4v) is 3.02. The quantitative estimate of drug-likeness (QED) is 0.769. The minimum atomic E-state index is -0.204. The molecule has 1 unspecified atom stereocenters. The Balaban J connectivity index is 2.31. The molecule has 1 atom stereocenters. The van der Waals surface area contributed by atoms with Crippen LogP contribution in [0.2, 0.25) is 0 Å². The number of nitrogens with one attached hydrogen (secondary N) is 1. The van der Waals surface area contributed by atoms with Crippen molar-refractivity contribution in [1.82, 2.24) is 0 Å². The molecule has 0 fully saturated rings. The van der Waals surface area contributed by atoms with Gasteiger partial charge in [0.25, 0.3) is 0 Å². The van der Waals surface area contributed by atoms with Gasteiger partial charge >= 0.3 is 0 Å². The molecule has 0 bridgehead atoms. The highest BCUT2D eigenvalue weighted by Gasteiger charge is 2.13. The van der Waals surface area contributed by atoms with Gasteiger partial charge in [-0.15, -0.1) is 0 Å². The van der Waals surface area contributed by atoms with E-state index < -0.39 is 0 Å². The van der Waals surface area contributed by atoms with Crippen molar-refractivity contribution in [2.45, 2.75) is 19.9 Å². The minimum absolute atomic E-state index is 0.0671. The highest BCUT2D eigenvalue weighted by atomic mass is 79.9. The molecule has 0 saturated carbocycles. The topological polar surface area (TPSA) is 38.0 Å². The molecule has 0 aromatic heterocycles. The molecule has 0 aliphatic carbocycles. The van der Waals surface area contributed by atoms with E-state index in [0.717, 1.165) is 21.3 Å². The molecule has 2 nitrogen and oxygen atoms in total. The van der Waals surface area contributed by atoms with Gasteiger partial charge in [-0.1, -0.05) is 30.4 Å². The zero-order valence-electron chi connectivity index (χ0n) is 11.8. The molecule has 0 radical (unpaired) electrons. The number of aryl methyl sites for hydroxylation is 1. The number of anilines is 1. The zero-order chi connectivity index (χ0) is 15.6. The Morgan fingerprint density at radius 3 is 2.67 bits per heavy atom. The van der Waals surface area contributed by atoms with Crippen LogP contribution in [0.3, 0.4) is 0 Å². The van der Waals surface area contributed by atoms with Crippen LogP contribution in [-0.2, 0) is 0 Å². The number of benzene rings is 2. The largest absolute Gasteiger partial charge is 0.389 e. The van der Waals surface area contributed by atoms with Crippen molar-refractivity contribution in [1.29, 1.82) is 0 Å². The highest BCUT2D eigenvalue weighted by Crippen LogP contribution is 2.28. The smallest absolute Gasteiger partial charge is 0.126 e. The van der Waals surface area contributed by atoms with Gasteiger partial charge in [-0.05, 0) is 59.1 Å². The van der Waals surface area contributed by atoms with E-state index in [1.807, 2.05) is 31.2 Å². The van der Waals surface area contributed by atoms with Crippen LogP contribution in [0.1, 0.15) is 29.7 Å². The summed E-state index contributed by atoms with van der Waals surface area (Å²) in [7, 11) is 0. The lowest BCUT2D eigenvalue weighted by Crippen LogP contribution is -2.16. The number of rotatable bonds is 4. The first-order valence-electron chi connectivity index (χ1n) is 6.51. The standard InChI is InChI=1S/C16H16BrFN2S/c1-9-6-7-11(8-13(9)18)10(2)20-14-5-3-4-12(17)15(14)16(19)21/h3-8,10,20H,1-2H3,(H2,19,21). The van der Waals surface area contributed by atoms with Crippen LogP contribution in [0.5, 0.6) is 0 Å². The Hall–Kier alpha value is -1.46. The molecule has 3 N–H and O–H groups in total. The second-order valence-electron chi connectivity index (χ2n) is 4.90. The number of hydrogen-bond acceptors (Lipinski definition) is 2. The van der Waals surface area contributed by atoms with Crippen molar-refractivity contribution >= 4 is 38.8 Å². The van der Waals surface area contributed by atoms with Crippen molar-refractivity contribution in [3.8, 4) is 0 Å². The molecule has 2 aromatic carbocycles. The number of halogens is 2. The molecular weight excluding hydrogens is 351 g/mol. The highest BCUT2D eigenvalue weighted by molar-refractivity contribution is 9.10. The fourth-order valence-electron chi connectivity index (χ4n) is 2.09. The van der Waals surface area contributed by atoms with E-state index in [4.69, 9.17) is 18.0 Å². The van der Waals surface area contributed by atoms with Crippen molar-refractivity contribution in [2.75, 3.05) is 5.32 Å². The van der Waals surface area contributed by atoms with Gasteiger partial charge in [0.05, 0.1) is 0 Å². The maximum atomic E-state index is 13.7.